The quantitative estimate of drug-likeness (QED) is 0.811. The second-order valence-electron chi connectivity index (χ2n) is 5.18. The number of benzene rings is 1. The van der Waals surface area contributed by atoms with Gasteiger partial charge in [-0.15, -0.1) is 0 Å². The van der Waals surface area contributed by atoms with E-state index >= 15 is 0 Å². The van der Waals surface area contributed by atoms with E-state index < -0.39 is 36.0 Å². The minimum Gasteiger partial charge on any atom is -0.224 e. The van der Waals surface area contributed by atoms with E-state index in [0.29, 0.717) is 0 Å². The van der Waals surface area contributed by atoms with Crippen molar-refractivity contribution in [3.05, 3.63) is 24.0 Å². The van der Waals surface area contributed by atoms with E-state index in [1.54, 1.807) is 0 Å². The average Bonchev–Trinajstić information content (AvgIpc) is 2.35. The van der Waals surface area contributed by atoms with Gasteiger partial charge in [0.15, 0.2) is 9.84 Å². The van der Waals surface area contributed by atoms with Gasteiger partial charge in [0.25, 0.3) is 0 Å². The lowest BCUT2D eigenvalue weighted by atomic mass is 9.97. The molecule has 0 aromatic heterocycles. The summed E-state index contributed by atoms with van der Waals surface area (Å²) >= 11 is 0. The Morgan fingerprint density at radius 2 is 1.86 bits per heavy atom. The summed E-state index contributed by atoms with van der Waals surface area (Å²) in [6.07, 6.45) is 0.892. The lowest BCUT2D eigenvalue weighted by molar-refractivity contribution is 0.476. The number of hydrogen-bond acceptors (Lipinski definition) is 5. The van der Waals surface area contributed by atoms with Crippen molar-refractivity contribution in [2.45, 2.75) is 23.6 Å². The molecule has 0 saturated heterocycles. The van der Waals surface area contributed by atoms with E-state index in [1.807, 2.05) is 6.07 Å². The molecule has 0 amide bonds. The maximum absolute atomic E-state index is 13.7. The van der Waals surface area contributed by atoms with Gasteiger partial charge in [0.05, 0.1) is 16.4 Å². The molecular weight excluding hydrogens is 319 g/mol. The Labute approximate surface area is 123 Å². The second kappa shape index (κ2) is 5.71. The first-order valence-electron chi connectivity index (χ1n) is 5.80. The molecule has 0 unspecified atom stereocenters. The van der Waals surface area contributed by atoms with E-state index in [2.05, 4.69) is 4.72 Å². The molecule has 116 valence electrons. The monoisotopic (exact) mass is 334 g/mol. The maximum Gasteiger partial charge on any atom is 0.243 e. The fourth-order valence-corrected chi connectivity index (χ4v) is 3.35. The Bertz CT molecular complexity index is 793. The SMILES string of the molecule is CC(C)(C#N)CNS(=O)(=O)c1cc(S(C)(=O)=O)ccc1F. The molecule has 9 heteroatoms. The highest BCUT2D eigenvalue weighted by atomic mass is 32.2. The van der Waals surface area contributed by atoms with Crippen LogP contribution in [0.25, 0.3) is 0 Å². The molecule has 0 aliphatic heterocycles. The maximum atomic E-state index is 13.7. The van der Waals surface area contributed by atoms with Crippen LogP contribution in [0.1, 0.15) is 13.8 Å². The predicted molar refractivity (Wildman–Crippen MR) is 74.1 cm³/mol. The van der Waals surface area contributed by atoms with Crippen molar-refractivity contribution >= 4 is 19.9 Å². The summed E-state index contributed by atoms with van der Waals surface area (Å²) in [7, 11) is -7.92. The van der Waals surface area contributed by atoms with Gasteiger partial charge in [-0.1, -0.05) is 0 Å². The third kappa shape index (κ3) is 4.49. The summed E-state index contributed by atoms with van der Waals surface area (Å²) in [6.45, 7) is 2.80. The zero-order valence-electron chi connectivity index (χ0n) is 11.7. The summed E-state index contributed by atoms with van der Waals surface area (Å²) in [5.74, 6) is -1.07. The van der Waals surface area contributed by atoms with Crippen molar-refractivity contribution in [1.29, 1.82) is 5.26 Å². The number of halogens is 1. The molecular formula is C12H15FN2O4S2. The first-order valence-corrected chi connectivity index (χ1v) is 9.17. The zero-order chi connectivity index (χ0) is 16.5. The standard InChI is InChI=1S/C12H15FN2O4S2/c1-12(2,7-14)8-15-21(18,19)11-6-9(20(3,16)17)4-5-10(11)13/h4-6,15H,8H2,1-3H3. The Hall–Kier alpha value is -1.50. The number of rotatable bonds is 5. The molecule has 0 bridgehead atoms. The number of sulfonamides is 1. The van der Waals surface area contributed by atoms with Crippen molar-refractivity contribution in [3.8, 4) is 6.07 Å². The number of sulfone groups is 1. The summed E-state index contributed by atoms with van der Waals surface area (Å²) in [6, 6.07) is 4.42. The van der Waals surface area contributed by atoms with Crippen LogP contribution in [0.15, 0.2) is 28.0 Å². The van der Waals surface area contributed by atoms with Crippen LogP contribution in [0.3, 0.4) is 0 Å². The van der Waals surface area contributed by atoms with Gasteiger partial charge in [-0.25, -0.2) is 25.9 Å². The number of nitriles is 1. The zero-order valence-corrected chi connectivity index (χ0v) is 13.3. The average molecular weight is 334 g/mol. The predicted octanol–water partition coefficient (Wildman–Crippen LogP) is 1.06. The van der Waals surface area contributed by atoms with Crippen LogP contribution in [0.5, 0.6) is 0 Å². The van der Waals surface area contributed by atoms with Crippen LogP contribution in [0, 0.1) is 22.6 Å². The highest BCUT2D eigenvalue weighted by Gasteiger charge is 2.25. The number of nitrogens with one attached hydrogen (secondary N) is 1. The van der Waals surface area contributed by atoms with Crippen LogP contribution in [-0.4, -0.2) is 29.6 Å². The Balaban J connectivity index is 3.24. The topological polar surface area (TPSA) is 104 Å². The lowest BCUT2D eigenvalue weighted by Gasteiger charge is -2.16. The molecule has 0 radical (unpaired) electrons. The van der Waals surface area contributed by atoms with Gasteiger partial charge in [0.2, 0.25) is 10.0 Å². The number of hydrogen-bond donors (Lipinski definition) is 1. The first-order chi connectivity index (χ1) is 9.39. The minimum absolute atomic E-state index is 0.228. The van der Waals surface area contributed by atoms with Gasteiger partial charge >= 0.3 is 0 Å². The third-order valence-corrected chi connectivity index (χ3v) is 5.15. The van der Waals surface area contributed by atoms with Crippen LogP contribution >= 0.6 is 0 Å². The molecule has 0 fully saturated rings. The molecule has 0 heterocycles. The van der Waals surface area contributed by atoms with Gasteiger partial charge < -0.3 is 0 Å². The molecule has 6 nitrogen and oxygen atoms in total. The van der Waals surface area contributed by atoms with Gasteiger partial charge in [-0.05, 0) is 32.0 Å². The minimum atomic E-state index is -4.26. The van der Waals surface area contributed by atoms with Gasteiger partial charge in [0, 0.05) is 12.8 Å². The fraction of sp³-hybridized carbons (Fsp3) is 0.417. The summed E-state index contributed by atoms with van der Waals surface area (Å²) in [5, 5.41) is 8.83. The normalized spacial score (nSPS) is 12.9. The van der Waals surface area contributed by atoms with E-state index in [1.165, 1.54) is 13.8 Å². The molecule has 1 N–H and O–H groups in total. The largest absolute Gasteiger partial charge is 0.243 e. The Kier molecular flexibility index (Phi) is 4.77. The van der Waals surface area contributed by atoms with E-state index in [9.17, 15) is 21.2 Å². The van der Waals surface area contributed by atoms with Gasteiger partial charge in [-0.2, -0.15) is 5.26 Å². The Morgan fingerprint density at radius 1 is 1.29 bits per heavy atom. The van der Waals surface area contributed by atoms with Gasteiger partial charge in [-0.3, -0.25) is 0 Å². The van der Waals surface area contributed by atoms with E-state index in [4.69, 9.17) is 5.26 Å². The molecule has 0 aliphatic rings. The van der Waals surface area contributed by atoms with Crippen molar-refractivity contribution in [2.24, 2.45) is 5.41 Å². The molecule has 21 heavy (non-hydrogen) atoms. The second-order valence-corrected chi connectivity index (χ2v) is 8.94. The summed E-state index contributed by atoms with van der Waals surface area (Å²) < 4.78 is 62.7. The third-order valence-electron chi connectivity index (χ3n) is 2.63. The van der Waals surface area contributed by atoms with Crippen LogP contribution in [0.2, 0.25) is 0 Å². The molecule has 1 aromatic rings. The van der Waals surface area contributed by atoms with Gasteiger partial charge in [0.1, 0.15) is 10.7 Å². The Morgan fingerprint density at radius 3 is 2.33 bits per heavy atom. The molecule has 1 rings (SSSR count). The fourth-order valence-electron chi connectivity index (χ4n) is 1.31. The smallest absolute Gasteiger partial charge is 0.224 e. The molecule has 0 saturated carbocycles. The molecule has 0 aliphatic carbocycles. The van der Waals surface area contributed by atoms with Crippen LogP contribution in [-0.2, 0) is 19.9 Å². The van der Waals surface area contributed by atoms with Crippen molar-refractivity contribution in [3.63, 3.8) is 0 Å². The van der Waals surface area contributed by atoms with E-state index in [-0.39, 0.29) is 11.4 Å². The summed E-state index contributed by atoms with van der Waals surface area (Å²) in [4.78, 5) is -1.07. The molecule has 0 spiro atoms. The van der Waals surface area contributed by atoms with E-state index in [0.717, 1.165) is 24.5 Å². The van der Waals surface area contributed by atoms with Crippen molar-refractivity contribution in [1.82, 2.24) is 4.72 Å². The van der Waals surface area contributed by atoms with Crippen molar-refractivity contribution < 1.29 is 21.2 Å². The number of nitrogens with zero attached hydrogens (tertiary/aromatic N) is 1. The lowest BCUT2D eigenvalue weighted by Crippen LogP contribution is -2.33. The van der Waals surface area contributed by atoms with Crippen LogP contribution < -0.4 is 4.72 Å². The highest BCUT2D eigenvalue weighted by molar-refractivity contribution is 7.91. The van der Waals surface area contributed by atoms with Crippen molar-refractivity contribution in [2.75, 3.05) is 12.8 Å². The first kappa shape index (κ1) is 17.6. The summed E-state index contributed by atoms with van der Waals surface area (Å²) in [5.41, 5.74) is -0.974. The highest BCUT2D eigenvalue weighted by Crippen LogP contribution is 2.20. The van der Waals surface area contributed by atoms with Crippen LogP contribution in [0.4, 0.5) is 4.39 Å². The molecule has 0 atom stereocenters. The molecule has 1 aromatic carbocycles.